The van der Waals surface area contributed by atoms with E-state index >= 15 is 0 Å². The van der Waals surface area contributed by atoms with E-state index in [4.69, 9.17) is 12.2 Å². The number of benzene rings is 2. The van der Waals surface area contributed by atoms with Gasteiger partial charge in [0.1, 0.15) is 0 Å². The second-order valence-corrected chi connectivity index (χ2v) is 9.61. The first kappa shape index (κ1) is 21.8. The average molecular weight is 436 g/mol. The normalized spacial score (nSPS) is 17.7. The van der Waals surface area contributed by atoms with Crippen LogP contribution >= 0.6 is 12.2 Å². The summed E-state index contributed by atoms with van der Waals surface area (Å²) in [6, 6.07) is 15.0. The second kappa shape index (κ2) is 9.39. The van der Waals surface area contributed by atoms with Crippen LogP contribution in [-0.2, 0) is 11.2 Å². The van der Waals surface area contributed by atoms with E-state index in [0.29, 0.717) is 11.5 Å². The highest BCUT2D eigenvalue weighted by atomic mass is 32.1. The zero-order valence-electron chi connectivity index (χ0n) is 18.7. The Balaban J connectivity index is 1.39. The molecule has 0 unspecified atom stereocenters. The van der Waals surface area contributed by atoms with Gasteiger partial charge in [-0.05, 0) is 87.5 Å². The summed E-state index contributed by atoms with van der Waals surface area (Å²) < 4.78 is 0. The molecule has 164 valence electrons. The number of carbonyl (C=O) groups excluding carboxylic acids is 1. The maximum atomic E-state index is 12.1. The molecule has 2 aliphatic rings. The fraction of sp³-hybridized carbons (Fsp3) is 0.462. The third-order valence-corrected chi connectivity index (χ3v) is 6.94. The number of hydrogen-bond donors (Lipinski definition) is 2. The molecule has 1 saturated carbocycles. The summed E-state index contributed by atoms with van der Waals surface area (Å²) in [6.45, 7) is 5.03. The third kappa shape index (κ3) is 5.27. The first-order chi connectivity index (χ1) is 14.9. The van der Waals surface area contributed by atoms with Gasteiger partial charge in [-0.3, -0.25) is 4.79 Å². The predicted molar refractivity (Wildman–Crippen MR) is 133 cm³/mol. The lowest BCUT2D eigenvalue weighted by molar-refractivity contribution is -0.117. The molecule has 2 N–H and O–H groups in total. The summed E-state index contributed by atoms with van der Waals surface area (Å²) in [5.74, 6) is 0.220. The van der Waals surface area contributed by atoms with E-state index in [-0.39, 0.29) is 11.4 Å². The third-order valence-electron chi connectivity index (χ3n) is 6.73. The number of amides is 1. The fourth-order valence-corrected chi connectivity index (χ4v) is 5.42. The van der Waals surface area contributed by atoms with Crippen LogP contribution in [0.25, 0.3) is 0 Å². The van der Waals surface area contributed by atoms with Crippen LogP contribution in [0, 0.1) is 13.8 Å². The highest BCUT2D eigenvalue weighted by Crippen LogP contribution is 2.34. The van der Waals surface area contributed by atoms with Crippen LogP contribution in [0.1, 0.15) is 61.6 Å². The van der Waals surface area contributed by atoms with Crippen molar-refractivity contribution in [2.24, 2.45) is 0 Å². The van der Waals surface area contributed by atoms with Gasteiger partial charge in [-0.2, -0.15) is 0 Å². The van der Waals surface area contributed by atoms with Crippen LogP contribution in [0.3, 0.4) is 0 Å². The van der Waals surface area contributed by atoms with Crippen LogP contribution in [0.5, 0.6) is 0 Å². The lowest BCUT2D eigenvalue weighted by Crippen LogP contribution is -2.48. The van der Waals surface area contributed by atoms with E-state index < -0.39 is 0 Å². The standard InChI is InChI=1S/C26H33N3OS/c1-19-7-5-8-21(17-19)12-15-26(13-3-4-14-26)28-25(31)27-22-10-11-23(20(2)18-22)29-16-6-9-24(29)30/h5,7-8,10-11,17-18H,3-4,6,9,12-16H2,1-2H3,(H2,27,28,31). The van der Waals surface area contributed by atoms with Gasteiger partial charge < -0.3 is 15.5 Å². The molecule has 0 bridgehead atoms. The average Bonchev–Trinajstić information content (AvgIpc) is 3.36. The summed E-state index contributed by atoms with van der Waals surface area (Å²) in [7, 11) is 0. The first-order valence-corrected chi connectivity index (χ1v) is 11.9. The lowest BCUT2D eigenvalue weighted by Gasteiger charge is -2.32. The van der Waals surface area contributed by atoms with Crippen LogP contribution in [0.4, 0.5) is 11.4 Å². The van der Waals surface area contributed by atoms with Crippen molar-refractivity contribution < 1.29 is 4.79 Å². The van der Waals surface area contributed by atoms with Gasteiger partial charge in [0.25, 0.3) is 0 Å². The van der Waals surface area contributed by atoms with Crippen molar-refractivity contribution >= 4 is 34.6 Å². The molecule has 5 heteroatoms. The predicted octanol–water partition coefficient (Wildman–Crippen LogP) is 5.66. The molecule has 4 nitrogen and oxygen atoms in total. The molecule has 0 atom stereocenters. The SMILES string of the molecule is Cc1cccc(CCC2(NC(=S)Nc3ccc(N4CCCC4=O)c(C)c3)CCCC2)c1. The number of carbonyl (C=O) groups is 1. The van der Waals surface area contributed by atoms with Crippen LogP contribution < -0.4 is 15.5 Å². The topological polar surface area (TPSA) is 44.4 Å². The molecule has 2 fully saturated rings. The van der Waals surface area contributed by atoms with Crippen molar-refractivity contribution in [2.45, 2.75) is 70.8 Å². The zero-order valence-corrected chi connectivity index (χ0v) is 19.5. The van der Waals surface area contributed by atoms with Crippen molar-refractivity contribution in [1.29, 1.82) is 0 Å². The largest absolute Gasteiger partial charge is 0.357 e. The number of aryl methyl sites for hydroxylation is 3. The molecule has 2 aromatic rings. The molecular weight excluding hydrogens is 402 g/mol. The highest BCUT2D eigenvalue weighted by Gasteiger charge is 2.34. The van der Waals surface area contributed by atoms with Crippen molar-refractivity contribution in [2.75, 3.05) is 16.8 Å². The van der Waals surface area contributed by atoms with Crippen molar-refractivity contribution in [1.82, 2.24) is 5.32 Å². The monoisotopic (exact) mass is 435 g/mol. The smallest absolute Gasteiger partial charge is 0.227 e. The van der Waals surface area contributed by atoms with Gasteiger partial charge in [-0.25, -0.2) is 0 Å². The Bertz CT molecular complexity index is 965. The maximum absolute atomic E-state index is 12.1. The summed E-state index contributed by atoms with van der Waals surface area (Å²) in [6.07, 6.45) is 8.57. The summed E-state index contributed by atoms with van der Waals surface area (Å²) in [5.41, 5.74) is 5.87. The van der Waals surface area contributed by atoms with Crippen LogP contribution in [0.15, 0.2) is 42.5 Å². The molecule has 1 amide bonds. The van der Waals surface area contributed by atoms with E-state index in [2.05, 4.69) is 54.8 Å². The number of anilines is 2. The number of thiocarbonyl (C=S) groups is 1. The highest BCUT2D eigenvalue weighted by molar-refractivity contribution is 7.80. The number of nitrogens with one attached hydrogen (secondary N) is 2. The van der Waals surface area contributed by atoms with Gasteiger partial charge in [0.15, 0.2) is 5.11 Å². The van der Waals surface area contributed by atoms with E-state index in [9.17, 15) is 4.79 Å². The fourth-order valence-electron chi connectivity index (χ4n) is 5.08. The van der Waals surface area contributed by atoms with Gasteiger partial charge in [0, 0.05) is 29.9 Å². The minimum atomic E-state index is 0.0742. The lowest BCUT2D eigenvalue weighted by atomic mass is 9.89. The quantitative estimate of drug-likeness (QED) is 0.575. The maximum Gasteiger partial charge on any atom is 0.227 e. The molecule has 0 aromatic heterocycles. The molecule has 0 radical (unpaired) electrons. The van der Waals surface area contributed by atoms with E-state index in [0.717, 1.165) is 55.6 Å². The molecule has 1 aliphatic heterocycles. The Labute approximate surface area is 191 Å². The number of hydrogen-bond acceptors (Lipinski definition) is 2. The molecule has 2 aromatic carbocycles. The van der Waals surface area contributed by atoms with E-state index in [1.807, 2.05) is 17.0 Å². The van der Waals surface area contributed by atoms with Crippen molar-refractivity contribution in [3.63, 3.8) is 0 Å². The number of rotatable bonds is 6. The van der Waals surface area contributed by atoms with Gasteiger partial charge in [-0.15, -0.1) is 0 Å². The molecular formula is C26H33N3OS. The summed E-state index contributed by atoms with van der Waals surface area (Å²) in [5, 5.41) is 7.76. The molecule has 1 saturated heterocycles. The Morgan fingerprint density at radius 2 is 1.90 bits per heavy atom. The summed E-state index contributed by atoms with van der Waals surface area (Å²) in [4.78, 5) is 14.0. The molecule has 1 aliphatic carbocycles. The Hall–Kier alpha value is -2.40. The van der Waals surface area contributed by atoms with Gasteiger partial charge >= 0.3 is 0 Å². The number of nitrogens with zero attached hydrogens (tertiary/aromatic N) is 1. The van der Waals surface area contributed by atoms with Crippen LogP contribution in [-0.4, -0.2) is 23.1 Å². The Morgan fingerprint density at radius 1 is 1.10 bits per heavy atom. The van der Waals surface area contributed by atoms with E-state index in [1.54, 1.807) is 0 Å². The first-order valence-electron chi connectivity index (χ1n) is 11.5. The van der Waals surface area contributed by atoms with Crippen molar-refractivity contribution in [3.05, 3.63) is 59.2 Å². The van der Waals surface area contributed by atoms with Gasteiger partial charge in [0.2, 0.25) is 5.91 Å². The minimum absolute atomic E-state index is 0.0742. The summed E-state index contributed by atoms with van der Waals surface area (Å²) >= 11 is 5.71. The molecule has 1 heterocycles. The van der Waals surface area contributed by atoms with Gasteiger partial charge in [0.05, 0.1) is 0 Å². The Morgan fingerprint density at radius 3 is 2.58 bits per heavy atom. The van der Waals surface area contributed by atoms with Crippen LogP contribution in [0.2, 0.25) is 0 Å². The minimum Gasteiger partial charge on any atom is -0.357 e. The molecule has 4 rings (SSSR count). The molecule has 31 heavy (non-hydrogen) atoms. The second-order valence-electron chi connectivity index (χ2n) is 9.21. The van der Waals surface area contributed by atoms with Gasteiger partial charge in [-0.1, -0.05) is 42.7 Å². The zero-order chi connectivity index (χ0) is 21.8. The van der Waals surface area contributed by atoms with Crippen molar-refractivity contribution in [3.8, 4) is 0 Å². The Kier molecular flexibility index (Phi) is 6.61. The van der Waals surface area contributed by atoms with E-state index in [1.165, 1.54) is 24.0 Å². The molecule has 0 spiro atoms.